The molecule has 0 bridgehead atoms. The van der Waals surface area contributed by atoms with Crippen LogP contribution in [0, 0.1) is 11.3 Å². The van der Waals surface area contributed by atoms with Crippen LogP contribution in [0.1, 0.15) is 17.4 Å². The minimum Gasteiger partial charge on any atom is -0.364 e. The number of nitriles is 1. The fourth-order valence-corrected chi connectivity index (χ4v) is 0.766. The molecule has 0 aliphatic carbocycles. The Labute approximate surface area is 75.5 Å². The second-order valence-corrected chi connectivity index (χ2v) is 2.61. The maximum atomic E-state index is 11.5. The first-order valence-electron chi connectivity index (χ1n) is 3.74. The average Bonchev–Trinajstić information content (AvgIpc) is 2.67. The van der Waals surface area contributed by atoms with Crippen molar-refractivity contribution in [2.45, 2.75) is 13.0 Å². The van der Waals surface area contributed by atoms with Crippen molar-refractivity contribution >= 4 is 5.91 Å². The molecule has 1 aromatic heterocycles. The van der Waals surface area contributed by atoms with E-state index in [1.807, 2.05) is 6.07 Å². The number of carbonyl (C=O) groups excluding carboxylic acids is 1. The first-order chi connectivity index (χ1) is 6.16. The van der Waals surface area contributed by atoms with Gasteiger partial charge in [-0.2, -0.15) is 5.26 Å². The minimum atomic E-state index is -0.468. The summed E-state index contributed by atoms with van der Waals surface area (Å²) >= 11 is 0. The summed E-state index contributed by atoms with van der Waals surface area (Å²) in [6.45, 7) is 1.64. The molecule has 13 heavy (non-hydrogen) atoms. The maximum Gasteiger partial charge on any atom is 0.276 e. The van der Waals surface area contributed by atoms with Crippen LogP contribution >= 0.6 is 0 Å². The SMILES string of the molecule is CC(C#N)N(C)C(=O)c1ccon1. The van der Waals surface area contributed by atoms with Gasteiger partial charge in [-0.1, -0.05) is 5.16 Å². The molecule has 0 saturated carbocycles. The molecule has 68 valence electrons. The van der Waals surface area contributed by atoms with Gasteiger partial charge in [0.05, 0.1) is 6.07 Å². The molecule has 1 amide bonds. The summed E-state index contributed by atoms with van der Waals surface area (Å²) in [5, 5.41) is 12.0. The monoisotopic (exact) mass is 179 g/mol. The summed E-state index contributed by atoms with van der Waals surface area (Å²) in [6, 6.07) is 2.95. The molecule has 5 nitrogen and oxygen atoms in total. The molecule has 0 aliphatic rings. The van der Waals surface area contributed by atoms with Gasteiger partial charge in [0.25, 0.3) is 5.91 Å². The summed E-state index contributed by atoms with van der Waals surface area (Å²) in [4.78, 5) is 12.8. The van der Waals surface area contributed by atoms with Gasteiger partial charge in [-0.25, -0.2) is 0 Å². The van der Waals surface area contributed by atoms with E-state index in [2.05, 4.69) is 9.68 Å². The molecule has 5 heteroatoms. The molecule has 0 radical (unpaired) electrons. The van der Waals surface area contributed by atoms with E-state index in [0.717, 1.165) is 0 Å². The standard InChI is InChI=1S/C8H9N3O2/c1-6(5-9)11(2)8(12)7-3-4-13-10-7/h3-4,6H,1-2H3. The topological polar surface area (TPSA) is 70.1 Å². The summed E-state index contributed by atoms with van der Waals surface area (Å²) in [5.41, 5.74) is 0.213. The third-order valence-electron chi connectivity index (χ3n) is 1.75. The number of hydrogen-bond acceptors (Lipinski definition) is 4. The second-order valence-electron chi connectivity index (χ2n) is 2.61. The third kappa shape index (κ3) is 1.85. The van der Waals surface area contributed by atoms with E-state index < -0.39 is 6.04 Å². The Bertz CT molecular complexity index is 326. The lowest BCUT2D eigenvalue weighted by Gasteiger charge is -2.17. The molecule has 1 aromatic rings. The normalized spacial score (nSPS) is 11.8. The van der Waals surface area contributed by atoms with Crippen LogP contribution in [0.15, 0.2) is 16.9 Å². The van der Waals surface area contributed by atoms with Crippen molar-refractivity contribution in [3.63, 3.8) is 0 Å². The fourth-order valence-electron chi connectivity index (χ4n) is 0.766. The molecule has 1 atom stereocenters. The quantitative estimate of drug-likeness (QED) is 0.668. The van der Waals surface area contributed by atoms with Gasteiger partial charge in [0, 0.05) is 13.1 Å². The van der Waals surface area contributed by atoms with Gasteiger partial charge in [-0.3, -0.25) is 4.79 Å². The van der Waals surface area contributed by atoms with Crippen molar-refractivity contribution in [2.75, 3.05) is 7.05 Å². The highest BCUT2D eigenvalue weighted by Gasteiger charge is 2.18. The Kier molecular flexibility index (Phi) is 2.65. The van der Waals surface area contributed by atoms with Gasteiger partial charge in [-0.15, -0.1) is 0 Å². The summed E-state index contributed by atoms with van der Waals surface area (Å²) < 4.78 is 4.52. The Hall–Kier alpha value is -1.83. The zero-order valence-electron chi connectivity index (χ0n) is 7.39. The van der Waals surface area contributed by atoms with Crippen LogP contribution in [0.25, 0.3) is 0 Å². The van der Waals surface area contributed by atoms with Crippen LogP contribution in [-0.4, -0.2) is 29.1 Å². The Balaban J connectivity index is 2.75. The van der Waals surface area contributed by atoms with E-state index in [4.69, 9.17) is 5.26 Å². The number of aromatic nitrogens is 1. The third-order valence-corrected chi connectivity index (χ3v) is 1.75. The first-order valence-corrected chi connectivity index (χ1v) is 3.74. The largest absolute Gasteiger partial charge is 0.364 e. The predicted molar refractivity (Wildman–Crippen MR) is 43.7 cm³/mol. The van der Waals surface area contributed by atoms with E-state index in [-0.39, 0.29) is 11.6 Å². The van der Waals surface area contributed by atoms with Gasteiger partial charge in [0.15, 0.2) is 5.69 Å². The Morgan fingerprint density at radius 3 is 3.00 bits per heavy atom. The smallest absolute Gasteiger partial charge is 0.276 e. The summed E-state index contributed by atoms with van der Waals surface area (Å²) in [5.74, 6) is -0.317. The van der Waals surface area contributed by atoms with Crippen molar-refractivity contribution < 1.29 is 9.32 Å². The number of hydrogen-bond donors (Lipinski definition) is 0. The molecular weight excluding hydrogens is 170 g/mol. The number of amides is 1. The zero-order chi connectivity index (χ0) is 9.84. The lowest BCUT2D eigenvalue weighted by atomic mass is 10.3. The molecule has 1 heterocycles. The lowest BCUT2D eigenvalue weighted by molar-refractivity contribution is 0.0763. The zero-order valence-corrected chi connectivity index (χ0v) is 7.39. The average molecular weight is 179 g/mol. The van der Waals surface area contributed by atoms with Crippen LogP contribution in [0.3, 0.4) is 0 Å². The Morgan fingerprint density at radius 2 is 2.54 bits per heavy atom. The van der Waals surface area contributed by atoms with Gasteiger partial charge < -0.3 is 9.42 Å². The van der Waals surface area contributed by atoms with Crippen molar-refractivity contribution in [1.29, 1.82) is 5.26 Å². The van der Waals surface area contributed by atoms with Crippen molar-refractivity contribution in [3.05, 3.63) is 18.0 Å². The van der Waals surface area contributed by atoms with Crippen LogP contribution < -0.4 is 0 Å². The Morgan fingerprint density at radius 1 is 1.85 bits per heavy atom. The van der Waals surface area contributed by atoms with Crippen molar-refractivity contribution in [1.82, 2.24) is 10.1 Å². The van der Waals surface area contributed by atoms with E-state index in [1.165, 1.54) is 17.2 Å². The molecule has 0 N–H and O–H groups in total. The van der Waals surface area contributed by atoms with Gasteiger partial charge in [-0.05, 0) is 6.92 Å². The number of carbonyl (C=O) groups is 1. The first kappa shape index (κ1) is 9.26. The lowest BCUT2D eigenvalue weighted by Crippen LogP contribution is -2.34. The van der Waals surface area contributed by atoms with Gasteiger partial charge >= 0.3 is 0 Å². The molecule has 0 spiro atoms. The highest BCUT2D eigenvalue weighted by atomic mass is 16.5. The van der Waals surface area contributed by atoms with Gasteiger partial charge in [0.1, 0.15) is 12.3 Å². The molecule has 0 aliphatic heterocycles. The van der Waals surface area contributed by atoms with Crippen LogP contribution in [0.2, 0.25) is 0 Å². The second kappa shape index (κ2) is 3.72. The fraction of sp³-hybridized carbons (Fsp3) is 0.375. The van der Waals surface area contributed by atoms with Gasteiger partial charge in [0.2, 0.25) is 0 Å². The maximum absolute atomic E-state index is 11.5. The predicted octanol–water partition coefficient (Wildman–Crippen LogP) is 0.659. The molecule has 1 rings (SSSR count). The number of nitrogens with zero attached hydrogens (tertiary/aromatic N) is 3. The van der Waals surface area contributed by atoms with Crippen LogP contribution in [0.4, 0.5) is 0 Å². The van der Waals surface area contributed by atoms with E-state index in [9.17, 15) is 4.79 Å². The minimum absolute atomic E-state index is 0.213. The van der Waals surface area contributed by atoms with Crippen molar-refractivity contribution in [3.8, 4) is 6.07 Å². The van der Waals surface area contributed by atoms with Crippen molar-refractivity contribution in [2.24, 2.45) is 0 Å². The molecule has 0 aromatic carbocycles. The van der Waals surface area contributed by atoms with E-state index >= 15 is 0 Å². The van der Waals surface area contributed by atoms with E-state index in [0.29, 0.717) is 0 Å². The highest BCUT2D eigenvalue weighted by molar-refractivity contribution is 5.92. The molecule has 1 unspecified atom stereocenters. The molecule has 0 saturated heterocycles. The van der Waals surface area contributed by atoms with Crippen LogP contribution in [-0.2, 0) is 0 Å². The number of rotatable bonds is 2. The van der Waals surface area contributed by atoms with Crippen LogP contribution in [0.5, 0.6) is 0 Å². The van der Waals surface area contributed by atoms with E-state index in [1.54, 1.807) is 14.0 Å². The highest BCUT2D eigenvalue weighted by Crippen LogP contribution is 2.03. The summed E-state index contributed by atoms with van der Waals surface area (Å²) in [6.07, 6.45) is 1.32. The molecular formula is C8H9N3O2. The molecule has 0 fully saturated rings. The summed E-state index contributed by atoms with van der Waals surface area (Å²) in [7, 11) is 1.55.